The van der Waals surface area contributed by atoms with Crippen molar-refractivity contribution in [1.29, 1.82) is 0 Å². The third kappa shape index (κ3) is 2.89. The van der Waals surface area contributed by atoms with Crippen LogP contribution in [0.3, 0.4) is 0 Å². The normalized spacial score (nSPS) is 10.2. The van der Waals surface area contributed by atoms with Gasteiger partial charge in [0.05, 0.1) is 12.1 Å². The summed E-state index contributed by atoms with van der Waals surface area (Å²) >= 11 is 12.1. The molecule has 2 rings (SSSR count). The molecule has 4 heteroatoms. The maximum absolute atomic E-state index is 6.08. The van der Waals surface area contributed by atoms with Gasteiger partial charge in [-0.2, -0.15) is 0 Å². The van der Waals surface area contributed by atoms with Crippen LogP contribution < -0.4 is 10.1 Å². The number of hydrogen-bond donors (Lipinski definition) is 1. The summed E-state index contributed by atoms with van der Waals surface area (Å²) in [5.41, 5.74) is 2.97. The molecule has 0 fully saturated rings. The molecule has 0 saturated carbocycles. The maximum atomic E-state index is 6.08. The minimum atomic E-state index is 0.571. The first-order valence-electron chi connectivity index (χ1n) is 5.47. The number of methoxy groups -OCH3 is 1. The van der Waals surface area contributed by atoms with Gasteiger partial charge in [-0.05, 0) is 42.8 Å². The second kappa shape index (κ2) is 5.51. The quantitative estimate of drug-likeness (QED) is 0.850. The van der Waals surface area contributed by atoms with Crippen molar-refractivity contribution in [3.8, 4) is 5.75 Å². The van der Waals surface area contributed by atoms with E-state index in [1.165, 1.54) is 0 Å². The SMILES string of the molecule is COc1ccc(Nc2cc(Cl)ccc2C)cc1Cl. The van der Waals surface area contributed by atoms with Crippen molar-refractivity contribution in [1.82, 2.24) is 0 Å². The summed E-state index contributed by atoms with van der Waals surface area (Å²) in [4.78, 5) is 0. The summed E-state index contributed by atoms with van der Waals surface area (Å²) in [7, 11) is 1.59. The monoisotopic (exact) mass is 281 g/mol. The molecular weight excluding hydrogens is 269 g/mol. The highest BCUT2D eigenvalue weighted by molar-refractivity contribution is 6.32. The van der Waals surface area contributed by atoms with Gasteiger partial charge in [0.2, 0.25) is 0 Å². The molecule has 0 atom stereocenters. The highest BCUT2D eigenvalue weighted by Gasteiger charge is 2.04. The molecule has 0 bridgehead atoms. The number of rotatable bonds is 3. The Bertz CT molecular complexity index is 570. The largest absolute Gasteiger partial charge is 0.495 e. The van der Waals surface area contributed by atoms with Crippen LogP contribution in [0.25, 0.3) is 0 Å². The number of hydrogen-bond acceptors (Lipinski definition) is 2. The Balaban J connectivity index is 2.28. The molecule has 2 aromatic rings. The first-order chi connectivity index (χ1) is 8.60. The van der Waals surface area contributed by atoms with Crippen molar-refractivity contribution in [2.45, 2.75) is 6.92 Å². The fourth-order valence-corrected chi connectivity index (χ4v) is 2.06. The molecule has 0 heterocycles. The molecule has 94 valence electrons. The smallest absolute Gasteiger partial charge is 0.137 e. The average Bonchev–Trinajstić information content (AvgIpc) is 2.34. The van der Waals surface area contributed by atoms with Crippen molar-refractivity contribution in [2.24, 2.45) is 0 Å². The molecular formula is C14H13Cl2NO. The van der Waals surface area contributed by atoms with E-state index in [4.69, 9.17) is 27.9 Å². The lowest BCUT2D eigenvalue weighted by atomic mass is 10.2. The van der Waals surface area contributed by atoms with Gasteiger partial charge in [-0.1, -0.05) is 29.3 Å². The molecule has 2 nitrogen and oxygen atoms in total. The molecule has 0 radical (unpaired) electrons. The predicted molar refractivity (Wildman–Crippen MR) is 77.5 cm³/mol. The fourth-order valence-electron chi connectivity index (χ4n) is 1.63. The Kier molecular flexibility index (Phi) is 4.00. The van der Waals surface area contributed by atoms with Crippen LogP contribution in [0.5, 0.6) is 5.75 Å². The topological polar surface area (TPSA) is 21.3 Å². The van der Waals surface area contributed by atoms with E-state index in [-0.39, 0.29) is 0 Å². The van der Waals surface area contributed by atoms with Crippen LogP contribution in [0.1, 0.15) is 5.56 Å². The number of nitrogens with one attached hydrogen (secondary N) is 1. The summed E-state index contributed by atoms with van der Waals surface area (Å²) in [5.74, 6) is 0.657. The van der Waals surface area contributed by atoms with Gasteiger partial charge in [0.25, 0.3) is 0 Å². The second-order valence-electron chi connectivity index (χ2n) is 3.93. The van der Waals surface area contributed by atoms with Gasteiger partial charge >= 0.3 is 0 Å². The van der Waals surface area contributed by atoms with Gasteiger partial charge in [0.15, 0.2) is 0 Å². The van der Waals surface area contributed by atoms with Crippen LogP contribution >= 0.6 is 23.2 Å². The molecule has 0 spiro atoms. The number of ether oxygens (including phenoxy) is 1. The highest BCUT2D eigenvalue weighted by Crippen LogP contribution is 2.30. The second-order valence-corrected chi connectivity index (χ2v) is 4.78. The Morgan fingerprint density at radius 1 is 1.06 bits per heavy atom. The molecule has 18 heavy (non-hydrogen) atoms. The Morgan fingerprint density at radius 2 is 1.83 bits per heavy atom. The lowest BCUT2D eigenvalue weighted by Crippen LogP contribution is -1.93. The number of aryl methyl sites for hydroxylation is 1. The number of anilines is 2. The zero-order valence-electron chi connectivity index (χ0n) is 10.1. The predicted octanol–water partition coefficient (Wildman–Crippen LogP) is 5.05. The van der Waals surface area contributed by atoms with Gasteiger partial charge in [0, 0.05) is 16.4 Å². The summed E-state index contributed by atoms with van der Waals surface area (Å²) < 4.78 is 5.11. The van der Waals surface area contributed by atoms with Crippen molar-refractivity contribution in [3.63, 3.8) is 0 Å². The number of benzene rings is 2. The van der Waals surface area contributed by atoms with E-state index in [9.17, 15) is 0 Å². The zero-order valence-corrected chi connectivity index (χ0v) is 11.6. The standard InChI is InChI=1S/C14H13Cl2NO/c1-9-3-4-10(15)7-13(9)17-11-5-6-14(18-2)12(16)8-11/h3-8,17H,1-2H3. The van der Waals surface area contributed by atoms with Gasteiger partial charge in [0.1, 0.15) is 5.75 Å². The fraction of sp³-hybridized carbons (Fsp3) is 0.143. The van der Waals surface area contributed by atoms with Crippen LogP contribution in [-0.2, 0) is 0 Å². The molecule has 0 aliphatic carbocycles. The van der Waals surface area contributed by atoms with Gasteiger partial charge < -0.3 is 10.1 Å². The van der Waals surface area contributed by atoms with Gasteiger partial charge in [-0.3, -0.25) is 0 Å². The average molecular weight is 282 g/mol. The van der Waals surface area contributed by atoms with Gasteiger partial charge in [-0.15, -0.1) is 0 Å². The minimum absolute atomic E-state index is 0.571. The van der Waals surface area contributed by atoms with E-state index in [0.29, 0.717) is 15.8 Å². The molecule has 0 aromatic heterocycles. The molecule has 0 aliphatic heterocycles. The molecule has 0 unspecified atom stereocenters. The van der Waals surface area contributed by atoms with Gasteiger partial charge in [-0.25, -0.2) is 0 Å². The lowest BCUT2D eigenvalue weighted by Gasteiger charge is -2.11. The molecule has 2 aromatic carbocycles. The summed E-state index contributed by atoms with van der Waals surface area (Å²) in [6.45, 7) is 2.02. The van der Waals surface area contributed by atoms with E-state index in [1.54, 1.807) is 7.11 Å². The van der Waals surface area contributed by atoms with Crippen LogP contribution in [-0.4, -0.2) is 7.11 Å². The third-order valence-corrected chi connectivity index (χ3v) is 3.16. The Morgan fingerprint density at radius 3 is 2.50 bits per heavy atom. The molecule has 0 saturated heterocycles. The Hall–Kier alpha value is -1.38. The van der Waals surface area contributed by atoms with E-state index >= 15 is 0 Å². The zero-order chi connectivity index (χ0) is 13.1. The summed E-state index contributed by atoms with van der Waals surface area (Å²) in [6, 6.07) is 11.3. The maximum Gasteiger partial charge on any atom is 0.137 e. The van der Waals surface area contributed by atoms with Crippen molar-refractivity contribution < 1.29 is 4.74 Å². The van der Waals surface area contributed by atoms with E-state index in [2.05, 4.69) is 5.32 Å². The molecule has 0 aliphatic rings. The molecule has 1 N–H and O–H groups in total. The van der Waals surface area contributed by atoms with Crippen LogP contribution in [0.2, 0.25) is 10.0 Å². The van der Waals surface area contributed by atoms with Crippen molar-refractivity contribution >= 4 is 34.6 Å². The van der Waals surface area contributed by atoms with Crippen LogP contribution in [0.15, 0.2) is 36.4 Å². The Labute approximate surface area is 116 Å². The first kappa shape index (κ1) is 13.1. The van der Waals surface area contributed by atoms with E-state index in [1.807, 2.05) is 43.3 Å². The first-order valence-corrected chi connectivity index (χ1v) is 6.22. The summed E-state index contributed by atoms with van der Waals surface area (Å²) in [5, 5.41) is 4.55. The molecule has 0 amide bonds. The lowest BCUT2D eigenvalue weighted by molar-refractivity contribution is 0.415. The van der Waals surface area contributed by atoms with Crippen LogP contribution in [0, 0.1) is 6.92 Å². The minimum Gasteiger partial charge on any atom is -0.495 e. The third-order valence-electron chi connectivity index (χ3n) is 2.63. The van der Waals surface area contributed by atoms with E-state index < -0.39 is 0 Å². The number of halogens is 2. The van der Waals surface area contributed by atoms with Crippen LogP contribution in [0.4, 0.5) is 11.4 Å². The highest BCUT2D eigenvalue weighted by atomic mass is 35.5. The van der Waals surface area contributed by atoms with Crippen molar-refractivity contribution in [3.05, 3.63) is 52.0 Å². The van der Waals surface area contributed by atoms with E-state index in [0.717, 1.165) is 16.9 Å². The summed E-state index contributed by atoms with van der Waals surface area (Å²) in [6.07, 6.45) is 0. The van der Waals surface area contributed by atoms with Crippen molar-refractivity contribution in [2.75, 3.05) is 12.4 Å².